The van der Waals surface area contributed by atoms with Crippen molar-refractivity contribution in [2.24, 2.45) is 0 Å². The van der Waals surface area contributed by atoms with Crippen LogP contribution in [0, 0.1) is 11.3 Å². The summed E-state index contributed by atoms with van der Waals surface area (Å²) in [6.07, 6.45) is -5.28. The van der Waals surface area contributed by atoms with Gasteiger partial charge in [-0.05, 0) is 18.2 Å². The number of nitriles is 1. The highest BCUT2D eigenvalue weighted by molar-refractivity contribution is 5.56. The van der Waals surface area contributed by atoms with Gasteiger partial charge >= 0.3 is 6.18 Å². The molecule has 0 fully saturated rings. The smallest absolute Gasteiger partial charge is 0.392 e. The van der Waals surface area contributed by atoms with Crippen LogP contribution in [0.4, 0.5) is 18.9 Å². The molecule has 0 spiro atoms. The van der Waals surface area contributed by atoms with Gasteiger partial charge in [-0.25, -0.2) is 0 Å². The normalized spacial score (nSPS) is 10.9. The number of rotatable bonds is 3. The van der Waals surface area contributed by atoms with Gasteiger partial charge in [0, 0.05) is 0 Å². The molecule has 86 valence electrons. The van der Waals surface area contributed by atoms with Crippen molar-refractivity contribution >= 4 is 5.69 Å². The second-order valence-electron chi connectivity index (χ2n) is 3.08. The first-order valence-corrected chi connectivity index (χ1v) is 4.41. The third-order valence-electron chi connectivity index (χ3n) is 1.78. The van der Waals surface area contributed by atoms with E-state index >= 15 is 0 Å². The van der Waals surface area contributed by atoms with Gasteiger partial charge in [-0.2, -0.15) is 18.4 Å². The number of anilines is 1. The third kappa shape index (κ3) is 3.69. The summed E-state index contributed by atoms with van der Waals surface area (Å²) in [7, 11) is 0. The molecular weight excluding hydrogens is 221 g/mol. The Labute approximate surface area is 90.2 Å². The van der Waals surface area contributed by atoms with Crippen molar-refractivity contribution in [3.63, 3.8) is 0 Å². The molecule has 1 aromatic carbocycles. The lowest BCUT2D eigenvalue weighted by molar-refractivity contribution is -0.139. The predicted octanol–water partition coefficient (Wildman–Crippen LogP) is 2.47. The van der Waals surface area contributed by atoms with Crippen molar-refractivity contribution in [2.45, 2.75) is 12.6 Å². The van der Waals surface area contributed by atoms with Gasteiger partial charge in [0.25, 0.3) is 0 Å². The van der Waals surface area contributed by atoms with Crippen LogP contribution < -0.4 is 10.5 Å². The summed E-state index contributed by atoms with van der Waals surface area (Å²) in [6, 6.07) is 6.02. The molecule has 2 N–H and O–H groups in total. The van der Waals surface area contributed by atoms with Crippen LogP contribution in [0.25, 0.3) is 0 Å². The van der Waals surface area contributed by atoms with Gasteiger partial charge in [0.1, 0.15) is 5.75 Å². The zero-order valence-corrected chi connectivity index (χ0v) is 8.21. The first kappa shape index (κ1) is 12.2. The van der Waals surface area contributed by atoms with E-state index in [9.17, 15) is 13.2 Å². The minimum absolute atomic E-state index is 0.154. The molecule has 0 heterocycles. The van der Waals surface area contributed by atoms with E-state index < -0.39 is 19.2 Å². The second kappa shape index (κ2) is 4.75. The van der Waals surface area contributed by atoms with Crippen LogP contribution in [0.2, 0.25) is 0 Å². The average Bonchev–Trinajstić information content (AvgIpc) is 2.18. The zero-order valence-electron chi connectivity index (χ0n) is 8.21. The number of hydrogen-bond acceptors (Lipinski definition) is 3. The SMILES string of the molecule is N#Cc1ccc(OCCC(F)(F)F)c(N)c1. The number of halogens is 3. The van der Waals surface area contributed by atoms with E-state index in [2.05, 4.69) is 0 Å². The van der Waals surface area contributed by atoms with Crippen LogP contribution in [-0.2, 0) is 0 Å². The molecule has 0 amide bonds. The average molecular weight is 230 g/mol. The van der Waals surface area contributed by atoms with Gasteiger partial charge in [0.2, 0.25) is 0 Å². The number of nitrogen functional groups attached to an aromatic ring is 1. The molecule has 0 unspecified atom stereocenters. The van der Waals surface area contributed by atoms with E-state index in [0.29, 0.717) is 5.56 Å². The second-order valence-corrected chi connectivity index (χ2v) is 3.08. The summed E-state index contributed by atoms with van der Waals surface area (Å²) in [4.78, 5) is 0. The molecular formula is C10H9F3N2O. The fourth-order valence-electron chi connectivity index (χ4n) is 1.03. The Bertz CT molecular complexity index is 410. The summed E-state index contributed by atoms with van der Waals surface area (Å²) in [6.45, 7) is -0.487. The Morgan fingerprint density at radius 3 is 2.56 bits per heavy atom. The summed E-state index contributed by atoms with van der Waals surface area (Å²) in [5, 5.41) is 8.54. The summed E-state index contributed by atoms with van der Waals surface area (Å²) in [5.41, 5.74) is 5.98. The molecule has 0 atom stereocenters. The van der Waals surface area contributed by atoms with Crippen LogP contribution in [0.1, 0.15) is 12.0 Å². The van der Waals surface area contributed by atoms with Crippen molar-refractivity contribution in [2.75, 3.05) is 12.3 Å². The number of ether oxygens (including phenoxy) is 1. The van der Waals surface area contributed by atoms with Crippen molar-refractivity contribution in [1.29, 1.82) is 5.26 Å². The molecule has 0 aromatic heterocycles. The highest BCUT2D eigenvalue weighted by Gasteiger charge is 2.26. The lowest BCUT2D eigenvalue weighted by atomic mass is 10.2. The fourth-order valence-corrected chi connectivity index (χ4v) is 1.03. The minimum atomic E-state index is -4.25. The molecule has 0 aliphatic rings. The maximum absolute atomic E-state index is 11.8. The highest BCUT2D eigenvalue weighted by Crippen LogP contribution is 2.24. The van der Waals surface area contributed by atoms with Gasteiger partial charge in [0.15, 0.2) is 0 Å². The molecule has 1 rings (SSSR count). The van der Waals surface area contributed by atoms with E-state index in [1.54, 1.807) is 0 Å². The number of alkyl halides is 3. The van der Waals surface area contributed by atoms with Crippen molar-refractivity contribution in [3.8, 4) is 11.8 Å². The molecule has 6 heteroatoms. The number of hydrogen-bond donors (Lipinski definition) is 1. The van der Waals surface area contributed by atoms with E-state index in [1.807, 2.05) is 6.07 Å². The molecule has 0 aliphatic heterocycles. The minimum Gasteiger partial charge on any atom is -0.491 e. The Hall–Kier alpha value is -1.90. The summed E-state index contributed by atoms with van der Waals surface area (Å²) in [5.74, 6) is 0.156. The van der Waals surface area contributed by atoms with Gasteiger partial charge in [0.05, 0.1) is 30.3 Å². The predicted molar refractivity (Wildman–Crippen MR) is 51.7 cm³/mol. The number of benzene rings is 1. The van der Waals surface area contributed by atoms with Gasteiger partial charge in [-0.1, -0.05) is 0 Å². The van der Waals surface area contributed by atoms with E-state index in [1.165, 1.54) is 18.2 Å². The Kier molecular flexibility index (Phi) is 3.61. The molecule has 0 aliphatic carbocycles. The molecule has 16 heavy (non-hydrogen) atoms. The lowest BCUT2D eigenvalue weighted by Crippen LogP contribution is -2.13. The topological polar surface area (TPSA) is 59.0 Å². The molecule has 0 radical (unpaired) electrons. The van der Waals surface area contributed by atoms with Crippen LogP contribution in [0.5, 0.6) is 5.75 Å². The van der Waals surface area contributed by atoms with Gasteiger partial charge in [-0.3, -0.25) is 0 Å². The van der Waals surface area contributed by atoms with Crippen LogP contribution in [0.3, 0.4) is 0 Å². The lowest BCUT2D eigenvalue weighted by Gasteiger charge is -2.10. The van der Waals surface area contributed by atoms with Gasteiger partial charge in [-0.15, -0.1) is 0 Å². The van der Waals surface area contributed by atoms with Crippen molar-refractivity contribution in [1.82, 2.24) is 0 Å². The standard InChI is InChI=1S/C10H9F3N2O/c11-10(12,13)3-4-16-9-2-1-7(6-14)5-8(9)15/h1-2,5H,3-4,15H2. The first-order valence-electron chi connectivity index (χ1n) is 4.41. The van der Waals surface area contributed by atoms with Crippen LogP contribution >= 0.6 is 0 Å². The molecule has 0 bridgehead atoms. The molecule has 0 saturated heterocycles. The van der Waals surface area contributed by atoms with Crippen molar-refractivity contribution in [3.05, 3.63) is 23.8 Å². The van der Waals surface area contributed by atoms with Gasteiger partial charge < -0.3 is 10.5 Å². The molecule has 3 nitrogen and oxygen atoms in total. The highest BCUT2D eigenvalue weighted by atomic mass is 19.4. The first-order chi connectivity index (χ1) is 7.42. The van der Waals surface area contributed by atoms with Crippen LogP contribution in [0.15, 0.2) is 18.2 Å². The number of nitrogens with zero attached hydrogens (tertiary/aromatic N) is 1. The van der Waals surface area contributed by atoms with Crippen molar-refractivity contribution < 1.29 is 17.9 Å². The molecule has 0 saturated carbocycles. The van der Waals surface area contributed by atoms with E-state index in [4.69, 9.17) is 15.7 Å². The monoisotopic (exact) mass is 230 g/mol. The maximum atomic E-state index is 11.8. The largest absolute Gasteiger partial charge is 0.491 e. The zero-order chi connectivity index (χ0) is 12.2. The number of nitrogens with two attached hydrogens (primary N) is 1. The fraction of sp³-hybridized carbons (Fsp3) is 0.300. The summed E-state index contributed by atoms with van der Waals surface area (Å²) < 4.78 is 40.3. The van der Waals surface area contributed by atoms with E-state index in [-0.39, 0.29) is 11.4 Å². The quantitative estimate of drug-likeness (QED) is 0.811. The van der Waals surface area contributed by atoms with E-state index in [0.717, 1.165) is 0 Å². The summed E-state index contributed by atoms with van der Waals surface area (Å²) >= 11 is 0. The molecule has 1 aromatic rings. The third-order valence-corrected chi connectivity index (χ3v) is 1.78. The Morgan fingerprint density at radius 2 is 2.06 bits per heavy atom. The maximum Gasteiger partial charge on any atom is 0.392 e. The Balaban J connectivity index is 2.59. The van der Waals surface area contributed by atoms with Crippen LogP contribution in [-0.4, -0.2) is 12.8 Å². The Morgan fingerprint density at radius 1 is 1.38 bits per heavy atom.